The van der Waals surface area contributed by atoms with E-state index in [1.165, 1.54) is 24.9 Å². The number of nitrogens with zero attached hydrogens (tertiary/aromatic N) is 4. The van der Waals surface area contributed by atoms with Gasteiger partial charge in [-0.25, -0.2) is 9.59 Å². The fourth-order valence-corrected chi connectivity index (χ4v) is 2.06. The molecule has 1 aromatic carbocycles. The molecule has 0 aliphatic heterocycles. The highest BCUT2D eigenvalue weighted by molar-refractivity contribution is 5.82. The average Bonchev–Trinajstić information content (AvgIpc) is 2.64. The summed E-state index contributed by atoms with van der Waals surface area (Å²) in [7, 11) is 2.83. The van der Waals surface area contributed by atoms with Crippen molar-refractivity contribution in [1.29, 1.82) is 0 Å². The van der Waals surface area contributed by atoms with Gasteiger partial charge >= 0.3 is 11.7 Å². The van der Waals surface area contributed by atoms with Crippen molar-refractivity contribution in [1.82, 2.24) is 9.13 Å². The SMILES string of the molecule is CCOC(=O)/C=C/Nc1c(N=Nc2ccccc2)c(=O)n(C)c(=O)n1C. The summed E-state index contributed by atoms with van der Waals surface area (Å²) in [6.45, 7) is 1.93. The molecule has 9 nitrogen and oxygen atoms in total. The summed E-state index contributed by atoms with van der Waals surface area (Å²) in [6.07, 6.45) is 2.41. The fourth-order valence-electron chi connectivity index (χ4n) is 2.06. The minimum absolute atomic E-state index is 0.0630. The van der Waals surface area contributed by atoms with E-state index in [0.29, 0.717) is 5.69 Å². The molecule has 0 amide bonds. The van der Waals surface area contributed by atoms with Gasteiger partial charge in [0.05, 0.1) is 12.3 Å². The van der Waals surface area contributed by atoms with Crippen molar-refractivity contribution in [2.75, 3.05) is 11.9 Å². The Labute approximate surface area is 149 Å². The number of benzene rings is 1. The zero-order valence-electron chi connectivity index (χ0n) is 14.7. The molecule has 2 aromatic rings. The monoisotopic (exact) mass is 357 g/mol. The van der Waals surface area contributed by atoms with Crippen LogP contribution in [-0.2, 0) is 23.6 Å². The summed E-state index contributed by atoms with van der Waals surface area (Å²) in [5, 5.41) is 10.7. The van der Waals surface area contributed by atoms with Crippen molar-refractivity contribution in [2.24, 2.45) is 24.3 Å². The lowest BCUT2D eigenvalue weighted by molar-refractivity contribution is -0.137. The van der Waals surface area contributed by atoms with E-state index in [-0.39, 0.29) is 18.1 Å². The van der Waals surface area contributed by atoms with Gasteiger partial charge in [-0.1, -0.05) is 18.2 Å². The van der Waals surface area contributed by atoms with Crippen LogP contribution in [0.3, 0.4) is 0 Å². The second kappa shape index (κ2) is 8.56. The van der Waals surface area contributed by atoms with E-state index in [0.717, 1.165) is 10.6 Å². The van der Waals surface area contributed by atoms with Gasteiger partial charge in [0.1, 0.15) is 5.82 Å². The molecule has 0 unspecified atom stereocenters. The summed E-state index contributed by atoms with van der Waals surface area (Å²) in [5.74, 6) is -0.445. The van der Waals surface area contributed by atoms with Crippen LogP contribution in [0.5, 0.6) is 0 Å². The molecule has 0 bridgehead atoms. The van der Waals surface area contributed by atoms with Crippen LogP contribution in [-0.4, -0.2) is 21.7 Å². The first-order valence-electron chi connectivity index (χ1n) is 7.82. The lowest BCUT2D eigenvalue weighted by atomic mass is 10.3. The Morgan fingerprint density at radius 1 is 1.15 bits per heavy atom. The number of hydrogen-bond donors (Lipinski definition) is 1. The standard InChI is InChI=1S/C17H19N5O4/c1-4-26-13(23)10-11-18-15-14(16(24)22(3)17(25)21(15)2)20-19-12-8-6-5-7-9-12/h5-11,18H,4H2,1-3H3/b11-10+,20-19?. The molecule has 2 rings (SSSR count). The van der Waals surface area contributed by atoms with Gasteiger partial charge in [0.2, 0.25) is 0 Å². The minimum atomic E-state index is -0.611. The molecule has 26 heavy (non-hydrogen) atoms. The first kappa shape index (κ1) is 18.8. The zero-order valence-corrected chi connectivity index (χ0v) is 14.7. The third-order valence-corrected chi connectivity index (χ3v) is 3.39. The molecule has 0 saturated heterocycles. The second-order valence-corrected chi connectivity index (χ2v) is 5.17. The Balaban J connectivity index is 2.45. The molecule has 136 valence electrons. The number of nitrogens with one attached hydrogen (secondary N) is 1. The maximum absolute atomic E-state index is 12.4. The number of azo groups is 1. The maximum atomic E-state index is 12.4. The molecule has 0 radical (unpaired) electrons. The van der Waals surface area contributed by atoms with Gasteiger partial charge in [-0.05, 0) is 19.1 Å². The van der Waals surface area contributed by atoms with Gasteiger partial charge in [0.15, 0.2) is 5.69 Å². The van der Waals surface area contributed by atoms with Crippen molar-refractivity contribution in [3.63, 3.8) is 0 Å². The highest BCUT2D eigenvalue weighted by Gasteiger charge is 2.15. The van der Waals surface area contributed by atoms with Crippen molar-refractivity contribution in [3.05, 3.63) is 63.4 Å². The van der Waals surface area contributed by atoms with Crippen LogP contribution < -0.4 is 16.6 Å². The number of rotatable bonds is 6. The summed E-state index contributed by atoms with van der Waals surface area (Å²) in [5.41, 5.74) is -0.663. The Morgan fingerprint density at radius 2 is 1.85 bits per heavy atom. The van der Waals surface area contributed by atoms with Crippen molar-refractivity contribution in [2.45, 2.75) is 6.92 Å². The van der Waals surface area contributed by atoms with Crippen molar-refractivity contribution in [3.8, 4) is 0 Å². The van der Waals surface area contributed by atoms with Crippen LogP contribution in [0, 0.1) is 0 Å². The Hall–Kier alpha value is -3.49. The number of anilines is 1. The van der Waals surface area contributed by atoms with E-state index in [2.05, 4.69) is 15.5 Å². The van der Waals surface area contributed by atoms with Crippen LogP contribution in [0.2, 0.25) is 0 Å². The number of carbonyl (C=O) groups excluding carboxylic acids is 1. The predicted octanol–water partition coefficient (Wildman–Crippen LogP) is 1.99. The summed E-state index contributed by atoms with van der Waals surface area (Å²) in [6, 6.07) is 8.85. The molecule has 0 aliphatic rings. The Bertz CT molecular complexity index is 958. The first-order chi connectivity index (χ1) is 12.5. The summed E-state index contributed by atoms with van der Waals surface area (Å²) in [4.78, 5) is 35.9. The van der Waals surface area contributed by atoms with Crippen LogP contribution >= 0.6 is 0 Å². The van der Waals surface area contributed by atoms with E-state index in [1.54, 1.807) is 31.2 Å². The molecule has 0 fully saturated rings. The van der Waals surface area contributed by atoms with Gasteiger partial charge in [-0.2, -0.15) is 5.11 Å². The average molecular weight is 357 g/mol. The Morgan fingerprint density at radius 3 is 2.50 bits per heavy atom. The summed E-state index contributed by atoms with van der Waals surface area (Å²) < 4.78 is 6.90. The van der Waals surface area contributed by atoms with Gasteiger partial charge < -0.3 is 10.1 Å². The molecule has 0 spiro atoms. The third-order valence-electron chi connectivity index (χ3n) is 3.39. The van der Waals surface area contributed by atoms with E-state index >= 15 is 0 Å². The molecular formula is C17H19N5O4. The molecular weight excluding hydrogens is 338 g/mol. The summed E-state index contributed by atoms with van der Waals surface area (Å²) >= 11 is 0. The number of aromatic nitrogens is 2. The topological polar surface area (TPSA) is 107 Å². The largest absolute Gasteiger partial charge is 0.463 e. The lowest BCUT2D eigenvalue weighted by Crippen LogP contribution is -2.37. The molecule has 1 heterocycles. The molecule has 0 aliphatic carbocycles. The van der Waals surface area contributed by atoms with Gasteiger partial charge in [-0.3, -0.25) is 13.9 Å². The number of carbonyl (C=O) groups is 1. The third kappa shape index (κ3) is 4.32. The van der Waals surface area contributed by atoms with Gasteiger partial charge in [-0.15, -0.1) is 5.11 Å². The fraction of sp³-hybridized carbons (Fsp3) is 0.235. The van der Waals surface area contributed by atoms with E-state index in [9.17, 15) is 14.4 Å². The van der Waals surface area contributed by atoms with E-state index in [4.69, 9.17) is 4.74 Å². The second-order valence-electron chi connectivity index (χ2n) is 5.17. The lowest BCUT2D eigenvalue weighted by Gasteiger charge is -2.11. The smallest absolute Gasteiger partial charge is 0.332 e. The van der Waals surface area contributed by atoms with E-state index < -0.39 is 17.2 Å². The quantitative estimate of drug-likeness (QED) is 0.483. The molecule has 1 aromatic heterocycles. The zero-order chi connectivity index (χ0) is 19.1. The highest BCUT2D eigenvalue weighted by Crippen LogP contribution is 2.21. The van der Waals surface area contributed by atoms with Crippen LogP contribution in [0.1, 0.15) is 6.92 Å². The molecule has 0 atom stereocenters. The van der Waals surface area contributed by atoms with Gasteiger partial charge in [0, 0.05) is 26.4 Å². The molecule has 9 heteroatoms. The highest BCUT2D eigenvalue weighted by atomic mass is 16.5. The van der Waals surface area contributed by atoms with Crippen LogP contribution in [0.15, 0.2) is 62.4 Å². The minimum Gasteiger partial charge on any atom is -0.463 e. The van der Waals surface area contributed by atoms with Crippen molar-refractivity contribution < 1.29 is 9.53 Å². The normalized spacial score (nSPS) is 11.2. The van der Waals surface area contributed by atoms with Crippen molar-refractivity contribution >= 4 is 23.2 Å². The maximum Gasteiger partial charge on any atom is 0.332 e. The number of hydrogen-bond acceptors (Lipinski definition) is 7. The van der Waals surface area contributed by atoms with Gasteiger partial charge in [0.25, 0.3) is 5.56 Å². The predicted molar refractivity (Wildman–Crippen MR) is 96.9 cm³/mol. The van der Waals surface area contributed by atoms with Crippen LogP contribution in [0.4, 0.5) is 17.2 Å². The number of ether oxygens (including phenoxy) is 1. The van der Waals surface area contributed by atoms with E-state index in [1.807, 2.05) is 6.07 Å². The molecule has 0 saturated carbocycles. The first-order valence-corrected chi connectivity index (χ1v) is 7.82. The Kier molecular flexibility index (Phi) is 6.20. The number of esters is 1. The molecule has 1 N–H and O–H groups in total. The van der Waals surface area contributed by atoms with Crippen LogP contribution in [0.25, 0.3) is 0 Å².